The SMILES string of the molecule is Cc1c(C=Nc2cccc(Cl)c2)c(O)n(Cc2cccnc2)c(=O)c1C#N. The van der Waals surface area contributed by atoms with Crippen molar-refractivity contribution in [3.8, 4) is 11.9 Å². The molecule has 0 atom stereocenters. The van der Waals surface area contributed by atoms with Gasteiger partial charge < -0.3 is 5.11 Å². The smallest absolute Gasteiger partial charge is 0.271 e. The molecule has 2 heterocycles. The molecule has 0 amide bonds. The number of aromatic hydroxyl groups is 1. The Morgan fingerprint density at radius 3 is 2.85 bits per heavy atom. The van der Waals surface area contributed by atoms with Gasteiger partial charge in [-0.05, 0) is 42.3 Å². The Labute approximate surface area is 160 Å². The summed E-state index contributed by atoms with van der Waals surface area (Å²) in [4.78, 5) is 20.9. The fourth-order valence-electron chi connectivity index (χ4n) is 2.64. The molecule has 27 heavy (non-hydrogen) atoms. The molecular formula is C20H15ClN4O2. The first kappa shape index (κ1) is 18.4. The number of nitrogens with zero attached hydrogens (tertiary/aromatic N) is 4. The summed E-state index contributed by atoms with van der Waals surface area (Å²) < 4.78 is 1.14. The van der Waals surface area contributed by atoms with Crippen LogP contribution in [0.3, 0.4) is 0 Å². The fourth-order valence-corrected chi connectivity index (χ4v) is 2.83. The van der Waals surface area contributed by atoms with Crippen molar-refractivity contribution in [3.05, 3.63) is 86.4 Å². The van der Waals surface area contributed by atoms with Crippen LogP contribution in [0.15, 0.2) is 58.6 Å². The molecule has 0 spiro atoms. The second kappa shape index (κ2) is 7.85. The summed E-state index contributed by atoms with van der Waals surface area (Å²) in [5.41, 5.74) is 1.38. The van der Waals surface area contributed by atoms with Crippen LogP contribution in [0.5, 0.6) is 5.88 Å². The Morgan fingerprint density at radius 2 is 2.19 bits per heavy atom. The van der Waals surface area contributed by atoms with E-state index in [9.17, 15) is 15.2 Å². The Kier molecular flexibility index (Phi) is 5.34. The minimum Gasteiger partial charge on any atom is -0.494 e. The van der Waals surface area contributed by atoms with Crippen molar-refractivity contribution >= 4 is 23.5 Å². The minimum absolute atomic E-state index is 0.0377. The molecule has 0 bridgehead atoms. The number of benzene rings is 1. The van der Waals surface area contributed by atoms with Gasteiger partial charge in [0.1, 0.15) is 11.6 Å². The van der Waals surface area contributed by atoms with Gasteiger partial charge in [-0.15, -0.1) is 0 Å². The van der Waals surface area contributed by atoms with Gasteiger partial charge in [-0.3, -0.25) is 19.3 Å². The van der Waals surface area contributed by atoms with E-state index < -0.39 is 5.56 Å². The molecule has 1 N–H and O–H groups in total. The van der Waals surface area contributed by atoms with E-state index in [1.54, 1.807) is 55.7 Å². The van der Waals surface area contributed by atoms with E-state index in [-0.39, 0.29) is 18.0 Å². The molecule has 3 rings (SSSR count). The number of hydrogen-bond acceptors (Lipinski definition) is 5. The first-order valence-electron chi connectivity index (χ1n) is 8.06. The van der Waals surface area contributed by atoms with Gasteiger partial charge in [-0.1, -0.05) is 23.7 Å². The molecule has 6 nitrogen and oxygen atoms in total. The number of halogens is 1. The van der Waals surface area contributed by atoms with Crippen molar-refractivity contribution in [3.63, 3.8) is 0 Å². The standard InChI is InChI=1S/C20H15ClN4O2/c1-13-17(9-22)19(26)25(12-14-4-3-7-23-10-14)20(27)18(13)11-24-16-6-2-5-15(21)8-16/h2-8,10-11,27H,12H2,1H3. The van der Waals surface area contributed by atoms with E-state index in [1.165, 1.54) is 6.21 Å². The van der Waals surface area contributed by atoms with Gasteiger partial charge in [-0.2, -0.15) is 5.26 Å². The third-order valence-corrected chi connectivity index (χ3v) is 4.30. The van der Waals surface area contributed by atoms with Crippen LogP contribution < -0.4 is 5.56 Å². The number of nitriles is 1. The monoisotopic (exact) mass is 378 g/mol. The lowest BCUT2D eigenvalue weighted by atomic mass is 10.1. The van der Waals surface area contributed by atoms with Crippen LogP contribution >= 0.6 is 11.6 Å². The van der Waals surface area contributed by atoms with Crippen molar-refractivity contribution < 1.29 is 5.11 Å². The number of hydrogen-bond donors (Lipinski definition) is 1. The van der Waals surface area contributed by atoms with Gasteiger partial charge in [0.05, 0.1) is 17.8 Å². The van der Waals surface area contributed by atoms with Gasteiger partial charge in [0.25, 0.3) is 5.56 Å². The molecule has 0 fully saturated rings. The zero-order valence-electron chi connectivity index (χ0n) is 14.4. The van der Waals surface area contributed by atoms with Crippen molar-refractivity contribution in [2.45, 2.75) is 13.5 Å². The molecule has 0 saturated carbocycles. The minimum atomic E-state index is -0.559. The molecule has 0 aliphatic rings. The van der Waals surface area contributed by atoms with Crippen LogP contribution in [-0.2, 0) is 6.54 Å². The van der Waals surface area contributed by atoms with Gasteiger partial charge >= 0.3 is 0 Å². The summed E-state index contributed by atoms with van der Waals surface area (Å²) in [5, 5.41) is 20.6. The normalized spacial score (nSPS) is 10.9. The largest absolute Gasteiger partial charge is 0.494 e. The fraction of sp³-hybridized carbons (Fsp3) is 0.100. The molecule has 134 valence electrons. The topological polar surface area (TPSA) is 91.3 Å². The van der Waals surface area contributed by atoms with E-state index in [2.05, 4.69) is 9.98 Å². The molecule has 0 aliphatic carbocycles. The lowest BCUT2D eigenvalue weighted by Crippen LogP contribution is -2.26. The predicted molar refractivity (Wildman–Crippen MR) is 104 cm³/mol. The van der Waals surface area contributed by atoms with Crippen molar-refractivity contribution in [1.82, 2.24) is 9.55 Å². The van der Waals surface area contributed by atoms with E-state index in [1.807, 2.05) is 6.07 Å². The first-order chi connectivity index (χ1) is 13.0. The lowest BCUT2D eigenvalue weighted by molar-refractivity contribution is 0.413. The molecular weight excluding hydrogens is 364 g/mol. The van der Waals surface area contributed by atoms with Gasteiger partial charge in [-0.25, -0.2) is 0 Å². The maximum atomic E-state index is 12.6. The number of pyridine rings is 2. The zero-order valence-corrected chi connectivity index (χ0v) is 15.2. The Balaban J connectivity index is 2.12. The summed E-state index contributed by atoms with van der Waals surface area (Å²) in [6.07, 6.45) is 4.64. The van der Waals surface area contributed by atoms with E-state index in [0.717, 1.165) is 10.1 Å². The second-order valence-corrected chi connectivity index (χ2v) is 6.28. The summed E-state index contributed by atoms with van der Waals surface area (Å²) in [5.74, 6) is -0.258. The van der Waals surface area contributed by atoms with E-state index in [0.29, 0.717) is 21.8 Å². The lowest BCUT2D eigenvalue weighted by Gasteiger charge is -2.14. The molecule has 0 saturated heterocycles. The highest BCUT2D eigenvalue weighted by Gasteiger charge is 2.18. The molecule has 7 heteroatoms. The highest BCUT2D eigenvalue weighted by atomic mass is 35.5. The maximum absolute atomic E-state index is 12.6. The Hall–Kier alpha value is -3.43. The van der Waals surface area contributed by atoms with Gasteiger partial charge in [0.15, 0.2) is 0 Å². The quantitative estimate of drug-likeness (QED) is 0.702. The number of aromatic nitrogens is 2. The van der Waals surface area contributed by atoms with E-state index in [4.69, 9.17) is 11.6 Å². The molecule has 0 radical (unpaired) electrons. The zero-order chi connectivity index (χ0) is 19.4. The van der Waals surface area contributed by atoms with Crippen LogP contribution in [0.1, 0.15) is 22.3 Å². The van der Waals surface area contributed by atoms with Crippen LogP contribution in [0.4, 0.5) is 5.69 Å². The molecule has 2 aromatic heterocycles. The molecule has 0 aliphatic heterocycles. The van der Waals surface area contributed by atoms with Crippen LogP contribution in [0.25, 0.3) is 0 Å². The van der Waals surface area contributed by atoms with Crippen LogP contribution in [-0.4, -0.2) is 20.9 Å². The Bertz CT molecular complexity index is 1120. The average Bonchev–Trinajstić information content (AvgIpc) is 2.66. The first-order valence-corrected chi connectivity index (χ1v) is 8.44. The van der Waals surface area contributed by atoms with Crippen LogP contribution in [0, 0.1) is 18.3 Å². The average molecular weight is 379 g/mol. The van der Waals surface area contributed by atoms with Crippen molar-refractivity contribution in [2.24, 2.45) is 4.99 Å². The second-order valence-electron chi connectivity index (χ2n) is 5.84. The van der Waals surface area contributed by atoms with Gasteiger partial charge in [0.2, 0.25) is 5.88 Å². The third-order valence-electron chi connectivity index (χ3n) is 4.06. The highest BCUT2D eigenvalue weighted by Crippen LogP contribution is 2.23. The molecule has 0 unspecified atom stereocenters. The highest BCUT2D eigenvalue weighted by molar-refractivity contribution is 6.30. The molecule has 1 aromatic carbocycles. The third kappa shape index (κ3) is 3.89. The van der Waals surface area contributed by atoms with Crippen LogP contribution in [0.2, 0.25) is 5.02 Å². The van der Waals surface area contributed by atoms with E-state index >= 15 is 0 Å². The molecule has 3 aromatic rings. The van der Waals surface area contributed by atoms with Gasteiger partial charge in [0, 0.05) is 23.6 Å². The predicted octanol–water partition coefficient (Wildman–Crippen LogP) is 3.58. The Morgan fingerprint density at radius 1 is 1.37 bits per heavy atom. The summed E-state index contributed by atoms with van der Waals surface area (Å²) >= 11 is 5.96. The maximum Gasteiger partial charge on any atom is 0.271 e. The van der Waals surface area contributed by atoms with Crippen molar-refractivity contribution in [2.75, 3.05) is 0 Å². The summed E-state index contributed by atoms with van der Waals surface area (Å²) in [6, 6.07) is 12.3. The number of rotatable bonds is 4. The summed E-state index contributed by atoms with van der Waals surface area (Å²) in [6.45, 7) is 1.69. The van der Waals surface area contributed by atoms with Crippen molar-refractivity contribution in [1.29, 1.82) is 5.26 Å². The number of aliphatic imine (C=N–C) groups is 1. The summed E-state index contributed by atoms with van der Waals surface area (Å²) in [7, 11) is 0.